The van der Waals surface area contributed by atoms with Gasteiger partial charge in [-0.15, -0.1) is 10.2 Å². The van der Waals surface area contributed by atoms with Crippen LogP contribution in [0.25, 0.3) is 0 Å². The van der Waals surface area contributed by atoms with Gasteiger partial charge in [0, 0.05) is 18.8 Å². The van der Waals surface area contributed by atoms with Crippen molar-refractivity contribution in [3.8, 4) is 0 Å². The summed E-state index contributed by atoms with van der Waals surface area (Å²) in [5, 5.41) is 9.05. The molecule has 2 aromatic rings. The number of hydrogen-bond acceptors (Lipinski definition) is 5. The van der Waals surface area contributed by atoms with Crippen molar-refractivity contribution in [1.29, 1.82) is 0 Å². The van der Waals surface area contributed by atoms with E-state index in [2.05, 4.69) is 15.1 Å². The number of thioether (sulfide) groups is 1. The average Bonchev–Trinajstić information content (AvgIpc) is 2.98. The fourth-order valence-corrected chi connectivity index (χ4v) is 2.77. The van der Waals surface area contributed by atoms with E-state index in [1.807, 2.05) is 34.9 Å². The van der Waals surface area contributed by atoms with Gasteiger partial charge in [-0.3, -0.25) is 9.36 Å². The molecule has 1 aliphatic rings. The number of para-hydroxylation sites is 1. The lowest BCUT2D eigenvalue weighted by molar-refractivity contribution is -0.115. The van der Waals surface area contributed by atoms with Crippen molar-refractivity contribution in [3.63, 3.8) is 0 Å². The molecule has 1 amide bonds. The summed E-state index contributed by atoms with van der Waals surface area (Å²) >= 11 is 1.33. The summed E-state index contributed by atoms with van der Waals surface area (Å²) in [5.74, 6) is 0.696. The maximum atomic E-state index is 10.8. The molecule has 0 atom stereocenters. The second-order valence-corrected chi connectivity index (χ2v) is 5.12. The molecule has 19 heavy (non-hydrogen) atoms. The number of carbonyl (C=O) groups is 1. The van der Waals surface area contributed by atoms with Crippen LogP contribution < -0.4 is 10.6 Å². The van der Waals surface area contributed by atoms with Crippen LogP contribution in [0.15, 0.2) is 35.5 Å². The quantitative estimate of drug-likeness (QED) is 0.843. The molecule has 0 saturated heterocycles. The highest BCUT2D eigenvalue weighted by Crippen LogP contribution is 2.31. The van der Waals surface area contributed by atoms with Crippen molar-refractivity contribution < 1.29 is 4.79 Å². The van der Waals surface area contributed by atoms with Gasteiger partial charge in [0.2, 0.25) is 11.9 Å². The Bertz CT molecular complexity index is 597. The van der Waals surface area contributed by atoms with E-state index in [1.165, 1.54) is 11.8 Å². The summed E-state index contributed by atoms with van der Waals surface area (Å²) in [7, 11) is 0. The summed E-state index contributed by atoms with van der Waals surface area (Å²) in [5.41, 5.74) is 6.24. The third-order valence-electron chi connectivity index (χ3n) is 2.90. The number of hydrogen-bond donors (Lipinski definition) is 1. The Morgan fingerprint density at radius 1 is 1.26 bits per heavy atom. The van der Waals surface area contributed by atoms with Crippen LogP contribution in [0.3, 0.4) is 0 Å². The molecule has 2 heterocycles. The van der Waals surface area contributed by atoms with E-state index in [9.17, 15) is 4.79 Å². The Morgan fingerprint density at radius 3 is 2.79 bits per heavy atom. The zero-order valence-electron chi connectivity index (χ0n) is 10.2. The van der Waals surface area contributed by atoms with Crippen LogP contribution in [-0.2, 0) is 11.3 Å². The van der Waals surface area contributed by atoms with E-state index < -0.39 is 0 Å². The second-order valence-electron chi connectivity index (χ2n) is 4.18. The van der Waals surface area contributed by atoms with Crippen LogP contribution in [0.1, 0.15) is 0 Å². The van der Waals surface area contributed by atoms with Gasteiger partial charge < -0.3 is 10.6 Å². The van der Waals surface area contributed by atoms with Gasteiger partial charge in [-0.25, -0.2) is 0 Å². The zero-order chi connectivity index (χ0) is 13.2. The highest BCUT2D eigenvalue weighted by atomic mass is 32.2. The van der Waals surface area contributed by atoms with E-state index in [1.54, 1.807) is 0 Å². The van der Waals surface area contributed by atoms with Crippen LogP contribution in [0.2, 0.25) is 0 Å². The van der Waals surface area contributed by atoms with Gasteiger partial charge in [0.05, 0.1) is 5.75 Å². The highest BCUT2D eigenvalue weighted by molar-refractivity contribution is 7.99. The maximum Gasteiger partial charge on any atom is 0.232 e. The number of nitrogens with two attached hydrogens (primary N) is 1. The predicted molar refractivity (Wildman–Crippen MR) is 73.4 cm³/mol. The fourth-order valence-electron chi connectivity index (χ4n) is 2.07. The zero-order valence-corrected chi connectivity index (χ0v) is 11.0. The Hall–Kier alpha value is -2.02. The van der Waals surface area contributed by atoms with Gasteiger partial charge >= 0.3 is 0 Å². The first-order chi connectivity index (χ1) is 9.25. The van der Waals surface area contributed by atoms with Gasteiger partial charge in [-0.2, -0.15) is 0 Å². The molecule has 2 N–H and O–H groups in total. The molecule has 7 heteroatoms. The van der Waals surface area contributed by atoms with Crippen LogP contribution in [0.4, 0.5) is 11.6 Å². The van der Waals surface area contributed by atoms with Gasteiger partial charge in [0.1, 0.15) is 0 Å². The highest BCUT2D eigenvalue weighted by Gasteiger charge is 2.25. The smallest absolute Gasteiger partial charge is 0.232 e. The Morgan fingerprint density at radius 2 is 2.05 bits per heavy atom. The molecule has 0 aliphatic carbocycles. The molecule has 3 rings (SSSR count). The van der Waals surface area contributed by atoms with Gasteiger partial charge in [0.15, 0.2) is 5.16 Å². The molecule has 1 aromatic heterocycles. The summed E-state index contributed by atoms with van der Waals surface area (Å²) in [4.78, 5) is 12.9. The number of primary amides is 1. The number of amides is 1. The molecule has 0 spiro atoms. The first-order valence-electron chi connectivity index (χ1n) is 5.92. The minimum Gasteiger partial charge on any atom is -0.369 e. The van der Waals surface area contributed by atoms with Crippen molar-refractivity contribution in [2.24, 2.45) is 5.73 Å². The molecule has 0 fully saturated rings. The van der Waals surface area contributed by atoms with Crippen molar-refractivity contribution in [2.45, 2.75) is 11.7 Å². The molecule has 0 radical (unpaired) electrons. The molecule has 0 bridgehead atoms. The second kappa shape index (κ2) is 4.93. The minimum absolute atomic E-state index is 0.226. The summed E-state index contributed by atoms with van der Waals surface area (Å²) in [6.07, 6.45) is 0. The summed E-state index contributed by atoms with van der Waals surface area (Å²) in [6, 6.07) is 10.1. The van der Waals surface area contributed by atoms with Crippen molar-refractivity contribution in [2.75, 3.05) is 17.2 Å². The molecule has 98 valence electrons. The molecule has 0 unspecified atom stereocenters. The van der Waals surface area contributed by atoms with Crippen LogP contribution in [0.5, 0.6) is 0 Å². The third kappa shape index (κ3) is 2.28. The molecule has 1 aromatic carbocycles. The molecule has 0 saturated carbocycles. The lowest BCUT2D eigenvalue weighted by Gasteiger charge is -2.14. The predicted octanol–water partition coefficient (Wildman–Crippen LogP) is 1.01. The van der Waals surface area contributed by atoms with E-state index in [0.29, 0.717) is 0 Å². The lowest BCUT2D eigenvalue weighted by Crippen LogP contribution is -2.14. The normalized spacial score (nSPS) is 13.6. The van der Waals surface area contributed by atoms with Gasteiger partial charge in [-0.1, -0.05) is 30.0 Å². The number of aromatic nitrogens is 3. The number of carbonyl (C=O) groups excluding carboxylic acids is 1. The van der Waals surface area contributed by atoms with Crippen molar-refractivity contribution in [1.82, 2.24) is 14.8 Å². The summed E-state index contributed by atoms with van der Waals surface area (Å²) < 4.78 is 2.01. The monoisotopic (exact) mass is 275 g/mol. The number of anilines is 2. The largest absolute Gasteiger partial charge is 0.369 e. The van der Waals surface area contributed by atoms with E-state index >= 15 is 0 Å². The molecule has 1 aliphatic heterocycles. The number of rotatable bonds is 4. The molecule has 6 nitrogen and oxygen atoms in total. The number of benzene rings is 1. The van der Waals surface area contributed by atoms with Gasteiger partial charge in [0.25, 0.3) is 0 Å². The fraction of sp³-hybridized carbons (Fsp3) is 0.250. The minimum atomic E-state index is -0.347. The van der Waals surface area contributed by atoms with Crippen LogP contribution in [0, 0.1) is 0 Å². The number of fused-ring (bicyclic) bond motifs is 1. The molecular weight excluding hydrogens is 262 g/mol. The van der Waals surface area contributed by atoms with E-state index in [-0.39, 0.29) is 11.7 Å². The van der Waals surface area contributed by atoms with Gasteiger partial charge in [-0.05, 0) is 12.1 Å². The van der Waals surface area contributed by atoms with Crippen LogP contribution in [-0.4, -0.2) is 33.0 Å². The standard InChI is InChI=1S/C12H13N5OS/c13-10(18)8-19-12-15-14-11-16(6-7-17(11)12)9-4-2-1-3-5-9/h1-5H,6-8H2,(H2,13,18). The Balaban J connectivity index is 1.84. The third-order valence-corrected chi connectivity index (χ3v) is 3.89. The van der Waals surface area contributed by atoms with E-state index in [4.69, 9.17) is 5.73 Å². The number of nitrogens with zero attached hydrogens (tertiary/aromatic N) is 4. The van der Waals surface area contributed by atoms with Crippen molar-refractivity contribution in [3.05, 3.63) is 30.3 Å². The Labute approximate surface area is 114 Å². The maximum absolute atomic E-state index is 10.8. The van der Waals surface area contributed by atoms with E-state index in [0.717, 1.165) is 29.9 Å². The van der Waals surface area contributed by atoms with Crippen molar-refractivity contribution >= 4 is 29.3 Å². The lowest BCUT2D eigenvalue weighted by atomic mass is 10.3. The van der Waals surface area contributed by atoms with Crippen LogP contribution >= 0.6 is 11.8 Å². The molecular formula is C12H13N5OS. The topological polar surface area (TPSA) is 77.0 Å². The summed E-state index contributed by atoms with van der Waals surface area (Å²) in [6.45, 7) is 1.68. The first-order valence-corrected chi connectivity index (χ1v) is 6.91. The SMILES string of the molecule is NC(=O)CSc1nnc2n1CCN2c1ccccc1. The first kappa shape index (κ1) is 12.0. The average molecular weight is 275 g/mol. The Kier molecular flexibility index (Phi) is 3.12.